The number of aliphatic hydroxyl groups excluding tert-OH is 1. The molecule has 176 valence electrons. The molecule has 1 unspecified atom stereocenters. The molecule has 0 aliphatic carbocycles. The van der Waals surface area contributed by atoms with E-state index in [1.807, 2.05) is 102 Å². The van der Waals surface area contributed by atoms with Crippen LogP contribution in [0.4, 0.5) is 0 Å². The molecule has 3 aromatic carbocycles. The predicted octanol–water partition coefficient (Wildman–Crippen LogP) is 3.80. The van der Waals surface area contributed by atoms with Crippen molar-refractivity contribution in [2.45, 2.75) is 12.5 Å². The van der Waals surface area contributed by atoms with Crippen LogP contribution >= 0.6 is 0 Å². The fourth-order valence-electron chi connectivity index (χ4n) is 4.31. The van der Waals surface area contributed by atoms with E-state index < -0.39 is 0 Å². The van der Waals surface area contributed by atoms with Gasteiger partial charge in [0.2, 0.25) is 0 Å². The van der Waals surface area contributed by atoms with Crippen LogP contribution in [0, 0.1) is 0 Å². The first-order valence-corrected chi connectivity index (χ1v) is 11.7. The van der Waals surface area contributed by atoms with Crippen molar-refractivity contribution in [3.05, 3.63) is 108 Å². The van der Waals surface area contributed by atoms with Gasteiger partial charge in [-0.05, 0) is 17.7 Å². The van der Waals surface area contributed by atoms with Crippen molar-refractivity contribution in [1.29, 1.82) is 0 Å². The Morgan fingerprint density at radius 1 is 0.914 bits per heavy atom. The number of aliphatic hydroxyl groups is 1. The van der Waals surface area contributed by atoms with Crippen LogP contribution in [-0.2, 0) is 4.79 Å². The maximum absolute atomic E-state index is 13.3. The molecule has 0 bridgehead atoms. The third kappa shape index (κ3) is 4.91. The lowest BCUT2D eigenvalue weighted by Crippen LogP contribution is -2.36. The molecule has 1 aromatic heterocycles. The summed E-state index contributed by atoms with van der Waals surface area (Å²) in [5, 5.41) is 23.4. The highest BCUT2D eigenvalue weighted by Gasteiger charge is 2.35. The number of rotatable bonds is 8. The van der Waals surface area contributed by atoms with E-state index in [2.05, 4.69) is 5.32 Å². The average molecular weight is 466 g/mol. The molecule has 1 aliphatic rings. The van der Waals surface area contributed by atoms with Gasteiger partial charge in [-0.15, -0.1) is 0 Å². The van der Waals surface area contributed by atoms with Crippen molar-refractivity contribution in [3.63, 3.8) is 0 Å². The summed E-state index contributed by atoms with van der Waals surface area (Å²) in [6, 6.07) is 29.6. The van der Waals surface area contributed by atoms with Gasteiger partial charge in [-0.1, -0.05) is 78.9 Å². The van der Waals surface area contributed by atoms with Gasteiger partial charge in [-0.25, -0.2) is 9.69 Å². The molecule has 0 saturated carbocycles. The lowest BCUT2D eigenvalue weighted by Gasteiger charge is -2.22. The van der Waals surface area contributed by atoms with Gasteiger partial charge >= 0.3 is 0 Å². The number of para-hydroxylation sites is 1. The normalized spacial score (nSPS) is 15.3. The Morgan fingerprint density at radius 3 is 2.20 bits per heavy atom. The summed E-state index contributed by atoms with van der Waals surface area (Å²) in [6.07, 6.45) is 2.59. The van der Waals surface area contributed by atoms with Crippen molar-refractivity contribution < 1.29 is 9.90 Å². The number of hydrogen-bond acceptors (Lipinski definition) is 5. The molecule has 2 N–H and O–H groups in total. The quantitative estimate of drug-likeness (QED) is 0.388. The molecule has 5 rings (SSSR count). The van der Waals surface area contributed by atoms with Crippen molar-refractivity contribution >= 4 is 11.6 Å². The van der Waals surface area contributed by atoms with Crippen LogP contribution in [0.2, 0.25) is 0 Å². The lowest BCUT2D eigenvalue weighted by molar-refractivity contribution is -0.132. The van der Waals surface area contributed by atoms with Crippen molar-refractivity contribution in [3.8, 4) is 16.9 Å². The summed E-state index contributed by atoms with van der Waals surface area (Å²) < 4.78 is 1.87. The Kier molecular flexibility index (Phi) is 6.79. The zero-order valence-electron chi connectivity index (χ0n) is 19.3. The Bertz CT molecular complexity index is 1300. The van der Waals surface area contributed by atoms with E-state index in [-0.39, 0.29) is 25.1 Å². The van der Waals surface area contributed by atoms with E-state index in [1.54, 1.807) is 5.01 Å². The topological polar surface area (TPSA) is 82.8 Å². The number of carbonyl (C=O) groups is 1. The van der Waals surface area contributed by atoms with Crippen LogP contribution in [0.3, 0.4) is 0 Å². The Labute approximate surface area is 204 Å². The van der Waals surface area contributed by atoms with Gasteiger partial charge in [0.1, 0.15) is 0 Å². The largest absolute Gasteiger partial charge is 0.395 e. The first-order chi connectivity index (χ1) is 17.2. The maximum atomic E-state index is 13.3. The molecule has 7 heteroatoms. The highest BCUT2D eigenvalue weighted by atomic mass is 16.3. The molecular weight excluding hydrogens is 438 g/mol. The SMILES string of the molecule is O=C(CNCCO)N1N=C(c2ccccc2)CC1c1cn(-c2ccccc2)nc1-c1ccccc1. The van der Waals surface area contributed by atoms with E-state index in [9.17, 15) is 4.79 Å². The number of carbonyl (C=O) groups excluding carboxylic acids is 1. The van der Waals surface area contributed by atoms with E-state index in [4.69, 9.17) is 15.3 Å². The highest BCUT2D eigenvalue weighted by Crippen LogP contribution is 2.38. The number of hydrogen-bond donors (Lipinski definition) is 2. The number of nitrogens with zero attached hydrogens (tertiary/aromatic N) is 4. The minimum atomic E-state index is -0.304. The maximum Gasteiger partial charge on any atom is 0.257 e. The molecule has 0 fully saturated rings. The molecular formula is C28H27N5O2. The van der Waals surface area contributed by atoms with Crippen LogP contribution in [0.5, 0.6) is 0 Å². The summed E-state index contributed by atoms with van der Waals surface area (Å²) in [5.74, 6) is -0.152. The Hall–Kier alpha value is -4.07. The second kappa shape index (κ2) is 10.5. The van der Waals surface area contributed by atoms with Crippen LogP contribution in [-0.4, -0.2) is 51.2 Å². The van der Waals surface area contributed by atoms with E-state index >= 15 is 0 Å². The van der Waals surface area contributed by atoms with E-state index in [0.717, 1.165) is 33.8 Å². The molecule has 2 heterocycles. The number of hydrazone groups is 1. The zero-order chi connectivity index (χ0) is 24.0. The number of nitrogens with one attached hydrogen (secondary N) is 1. The molecule has 0 saturated heterocycles. The lowest BCUT2D eigenvalue weighted by atomic mass is 9.96. The van der Waals surface area contributed by atoms with Gasteiger partial charge in [0.25, 0.3) is 5.91 Å². The summed E-state index contributed by atoms with van der Waals surface area (Å²) in [6.45, 7) is 0.411. The van der Waals surface area contributed by atoms with Gasteiger partial charge in [0, 0.05) is 30.3 Å². The second-order valence-corrected chi connectivity index (χ2v) is 8.35. The van der Waals surface area contributed by atoms with Gasteiger partial charge in [-0.3, -0.25) is 4.79 Å². The molecule has 1 aliphatic heterocycles. The van der Waals surface area contributed by atoms with Gasteiger partial charge in [0.05, 0.1) is 36.3 Å². The first kappa shape index (κ1) is 22.7. The third-order valence-electron chi connectivity index (χ3n) is 6.01. The standard InChI is InChI=1S/C28H27N5O2/c34-17-16-29-19-27(35)33-26(18-25(30-33)21-10-4-1-5-11-21)24-20-32(23-14-8-3-9-15-23)31-28(24)22-12-6-2-7-13-22/h1-15,20,26,29,34H,16-19H2. The van der Waals surface area contributed by atoms with E-state index in [1.165, 1.54) is 0 Å². The second-order valence-electron chi connectivity index (χ2n) is 8.35. The number of amides is 1. The number of benzene rings is 3. The third-order valence-corrected chi connectivity index (χ3v) is 6.01. The van der Waals surface area contributed by atoms with Gasteiger partial charge in [0.15, 0.2) is 0 Å². The highest BCUT2D eigenvalue weighted by molar-refractivity contribution is 6.03. The summed E-state index contributed by atoms with van der Waals surface area (Å²) >= 11 is 0. The van der Waals surface area contributed by atoms with Crippen molar-refractivity contribution in [2.24, 2.45) is 5.10 Å². The minimum absolute atomic E-state index is 0.0305. The fourth-order valence-corrected chi connectivity index (χ4v) is 4.31. The molecule has 0 spiro atoms. The monoisotopic (exact) mass is 465 g/mol. The predicted molar refractivity (Wildman–Crippen MR) is 136 cm³/mol. The summed E-state index contributed by atoms with van der Waals surface area (Å²) in [7, 11) is 0. The van der Waals surface area contributed by atoms with Crippen molar-refractivity contribution in [2.75, 3.05) is 19.7 Å². The van der Waals surface area contributed by atoms with Crippen LogP contribution < -0.4 is 5.32 Å². The molecule has 35 heavy (non-hydrogen) atoms. The van der Waals surface area contributed by atoms with Gasteiger partial charge in [-0.2, -0.15) is 10.2 Å². The molecule has 0 radical (unpaired) electrons. The Balaban J connectivity index is 1.57. The smallest absolute Gasteiger partial charge is 0.257 e. The fraction of sp³-hybridized carbons (Fsp3) is 0.179. The average Bonchev–Trinajstić information content (AvgIpc) is 3.56. The molecule has 7 nitrogen and oxygen atoms in total. The molecule has 4 aromatic rings. The summed E-state index contributed by atoms with van der Waals surface area (Å²) in [5.41, 5.74) is 5.54. The Morgan fingerprint density at radius 2 is 1.54 bits per heavy atom. The molecule has 1 amide bonds. The molecule has 1 atom stereocenters. The van der Waals surface area contributed by atoms with Crippen LogP contribution in [0.1, 0.15) is 23.6 Å². The van der Waals surface area contributed by atoms with Gasteiger partial charge < -0.3 is 10.4 Å². The number of aromatic nitrogens is 2. The zero-order valence-corrected chi connectivity index (χ0v) is 19.3. The first-order valence-electron chi connectivity index (χ1n) is 11.7. The van der Waals surface area contributed by atoms with E-state index in [0.29, 0.717) is 13.0 Å². The van der Waals surface area contributed by atoms with Crippen LogP contribution in [0.25, 0.3) is 16.9 Å². The summed E-state index contributed by atoms with van der Waals surface area (Å²) in [4.78, 5) is 13.3. The van der Waals surface area contributed by atoms with Crippen LogP contribution in [0.15, 0.2) is 102 Å². The van der Waals surface area contributed by atoms with Crippen molar-refractivity contribution in [1.82, 2.24) is 20.1 Å². The minimum Gasteiger partial charge on any atom is -0.395 e.